The molecule has 0 radical (unpaired) electrons. The molecule has 2 saturated carbocycles. The summed E-state index contributed by atoms with van der Waals surface area (Å²) in [6.45, 7) is 7.79. The van der Waals surface area contributed by atoms with Gasteiger partial charge in [-0.1, -0.05) is 107 Å². The number of likely N-dealkylation sites (tertiary alicyclic amines) is 1. The topological polar surface area (TPSA) is 124 Å². The molecule has 0 bridgehead atoms. The maximum Gasteiger partial charge on any atom is 0.243 e. The Morgan fingerprint density at radius 2 is 1.46 bits per heavy atom. The Labute approximate surface area is 325 Å². The molecule has 10 heteroatoms. The number of rotatable bonds is 10. The first-order valence-corrected chi connectivity index (χ1v) is 22.1. The molecule has 3 heterocycles. The number of piperidine rings is 1. The number of nitrogens with one attached hydrogen (secondary N) is 5. The van der Waals surface area contributed by atoms with E-state index in [1.807, 2.05) is 4.90 Å². The standard InChI is InChI=1S/C44H72N6O4/c1-32-21-17-20-28-50(32)39(51)30-38(47-42(53)40-43(34(3)54-49-40)26-18-10-6-7-11-19-27-43)41(52)46-33(2)44(36-24-15-8-4-5-9-16-25-36)45-31-37(48-44)29-35-22-13-12-14-23-35/h12-14,22-23,32-34,36-38,40,45,48-49H,4-11,15-21,24-31H2,1-3H3,(H,46,52)(H,47,53)/t32-,33-,34?,37?,38-,40?,44?/m0/s1. The van der Waals surface area contributed by atoms with Crippen molar-refractivity contribution in [3.05, 3.63) is 35.9 Å². The number of nitrogens with zero attached hydrogens (tertiary/aromatic N) is 1. The number of amides is 3. The highest BCUT2D eigenvalue weighted by Crippen LogP contribution is 2.44. The Morgan fingerprint density at radius 1 is 0.833 bits per heavy atom. The van der Waals surface area contributed by atoms with Crippen LogP contribution in [0.4, 0.5) is 0 Å². The van der Waals surface area contributed by atoms with Crippen LogP contribution in [0.5, 0.6) is 0 Å². The lowest BCUT2D eigenvalue weighted by Gasteiger charge is -2.44. The third-order valence-electron chi connectivity index (χ3n) is 14.1. The van der Waals surface area contributed by atoms with Crippen molar-refractivity contribution in [2.75, 3.05) is 13.1 Å². The maximum absolute atomic E-state index is 14.7. The molecule has 1 spiro atoms. The van der Waals surface area contributed by atoms with Crippen molar-refractivity contribution in [2.24, 2.45) is 11.3 Å². The minimum absolute atomic E-state index is 0.0569. The second-order valence-corrected chi connectivity index (χ2v) is 17.8. The van der Waals surface area contributed by atoms with Crippen LogP contribution in [-0.2, 0) is 25.6 Å². The normalized spacial score (nSPS) is 31.2. The van der Waals surface area contributed by atoms with Crippen LogP contribution in [0, 0.1) is 11.3 Å². The number of hydrogen-bond donors (Lipinski definition) is 5. The molecule has 302 valence electrons. The fourth-order valence-electron chi connectivity index (χ4n) is 10.8. The summed E-state index contributed by atoms with van der Waals surface area (Å²) in [4.78, 5) is 51.1. The van der Waals surface area contributed by atoms with E-state index in [2.05, 4.69) is 77.9 Å². The zero-order valence-electron chi connectivity index (χ0n) is 33.8. The van der Waals surface area contributed by atoms with Crippen molar-refractivity contribution in [3.63, 3.8) is 0 Å². The van der Waals surface area contributed by atoms with E-state index in [1.165, 1.54) is 56.9 Å². The zero-order valence-corrected chi connectivity index (χ0v) is 33.8. The fraction of sp³-hybridized carbons (Fsp3) is 0.795. The Balaban J connectivity index is 1.24. The summed E-state index contributed by atoms with van der Waals surface area (Å²) in [5.41, 5.74) is 3.57. The van der Waals surface area contributed by atoms with Crippen molar-refractivity contribution in [1.82, 2.24) is 31.6 Å². The highest BCUT2D eigenvalue weighted by molar-refractivity contribution is 5.94. The van der Waals surface area contributed by atoms with Crippen LogP contribution in [0.15, 0.2) is 30.3 Å². The van der Waals surface area contributed by atoms with Crippen molar-refractivity contribution in [1.29, 1.82) is 0 Å². The van der Waals surface area contributed by atoms with Gasteiger partial charge >= 0.3 is 0 Å². The van der Waals surface area contributed by atoms with Gasteiger partial charge in [0.25, 0.3) is 0 Å². The summed E-state index contributed by atoms with van der Waals surface area (Å²) in [6, 6.07) is 9.12. The molecule has 54 heavy (non-hydrogen) atoms. The van der Waals surface area contributed by atoms with Crippen molar-refractivity contribution in [3.8, 4) is 0 Å². The molecule has 3 aliphatic heterocycles. The molecule has 5 fully saturated rings. The molecule has 5 aliphatic rings. The predicted molar refractivity (Wildman–Crippen MR) is 214 cm³/mol. The van der Waals surface area contributed by atoms with E-state index < -0.39 is 17.7 Å². The van der Waals surface area contributed by atoms with Gasteiger partial charge in [-0.2, -0.15) is 5.48 Å². The molecular formula is C44H72N6O4. The molecule has 3 saturated heterocycles. The first-order valence-electron chi connectivity index (χ1n) is 22.1. The minimum Gasteiger partial charge on any atom is -0.349 e. The number of carbonyl (C=O) groups excluding carboxylic acids is 3. The monoisotopic (exact) mass is 749 g/mol. The highest BCUT2D eigenvalue weighted by atomic mass is 16.7. The minimum atomic E-state index is -0.994. The van der Waals surface area contributed by atoms with Gasteiger partial charge in [-0.25, -0.2) is 0 Å². The molecule has 5 N–H and O–H groups in total. The van der Waals surface area contributed by atoms with Crippen molar-refractivity contribution in [2.45, 2.75) is 198 Å². The van der Waals surface area contributed by atoms with E-state index in [4.69, 9.17) is 4.84 Å². The first kappa shape index (κ1) is 41.1. The third kappa shape index (κ3) is 9.88. The summed E-state index contributed by atoms with van der Waals surface area (Å²) < 4.78 is 0. The summed E-state index contributed by atoms with van der Waals surface area (Å²) in [5, 5.41) is 14.6. The number of carbonyl (C=O) groups is 3. The lowest BCUT2D eigenvalue weighted by Crippen LogP contribution is -2.69. The van der Waals surface area contributed by atoms with E-state index in [0.717, 1.165) is 83.6 Å². The summed E-state index contributed by atoms with van der Waals surface area (Å²) in [7, 11) is 0. The quantitative estimate of drug-likeness (QED) is 0.187. The van der Waals surface area contributed by atoms with E-state index in [0.29, 0.717) is 12.5 Å². The molecule has 6 rings (SSSR count). The molecular weight excluding hydrogens is 677 g/mol. The molecule has 1 aromatic carbocycles. The second-order valence-electron chi connectivity index (χ2n) is 17.8. The van der Waals surface area contributed by atoms with Gasteiger partial charge in [-0.15, -0.1) is 0 Å². The number of benzene rings is 1. The van der Waals surface area contributed by atoms with Crippen molar-refractivity contribution < 1.29 is 19.2 Å². The van der Waals surface area contributed by atoms with E-state index >= 15 is 0 Å². The van der Waals surface area contributed by atoms with Gasteiger partial charge in [0, 0.05) is 30.6 Å². The summed E-state index contributed by atoms with van der Waals surface area (Å²) in [6.07, 6.45) is 22.1. The van der Waals surface area contributed by atoms with Crippen LogP contribution in [0.25, 0.3) is 0 Å². The summed E-state index contributed by atoms with van der Waals surface area (Å²) in [5.74, 6) is -0.263. The van der Waals surface area contributed by atoms with Gasteiger partial charge in [-0.3, -0.25) is 29.9 Å². The largest absolute Gasteiger partial charge is 0.349 e. The smallest absolute Gasteiger partial charge is 0.243 e. The van der Waals surface area contributed by atoms with Crippen LogP contribution in [0.2, 0.25) is 0 Å². The van der Waals surface area contributed by atoms with E-state index in [-0.39, 0.29) is 53.8 Å². The molecule has 0 aromatic heterocycles. The molecule has 4 unspecified atom stereocenters. The number of hydroxylamine groups is 1. The molecule has 1 aromatic rings. The maximum atomic E-state index is 14.7. The molecule has 10 nitrogen and oxygen atoms in total. The van der Waals surface area contributed by atoms with Gasteiger partial charge in [0.2, 0.25) is 17.7 Å². The SMILES string of the molecule is CC1ONC(C(=O)N[C@@H](CC(=O)N2CCCC[C@@H]2C)C(=O)N[C@@H](C)C2(C3CCCCCCCC3)NCC(Cc3ccccc3)N2)C12CCCCCCCC2. The van der Waals surface area contributed by atoms with Gasteiger partial charge in [0.05, 0.1) is 24.2 Å². The first-order chi connectivity index (χ1) is 26.2. The van der Waals surface area contributed by atoms with Crippen LogP contribution in [-0.4, -0.2) is 77.7 Å². The van der Waals surface area contributed by atoms with Crippen molar-refractivity contribution >= 4 is 17.7 Å². The third-order valence-corrected chi connectivity index (χ3v) is 14.1. The predicted octanol–water partition coefficient (Wildman–Crippen LogP) is 6.43. The lowest BCUT2D eigenvalue weighted by molar-refractivity contribution is -0.139. The zero-order chi connectivity index (χ0) is 38.0. The second kappa shape index (κ2) is 19.6. The molecule has 7 atom stereocenters. The Hall–Kier alpha value is -2.53. The van der Waals surface area contributed by atoms with Crippen LogP contribution in [0.1, 0.15) is 155 Å². The van der Waals surface area contributed by atoms with E-state index in [1.54, 1.807) is 0 Å². The Morgan fingerprint density at radius 3 is 2.13 bits per heavy atom. The van der Waals surface area contributed by atoms with Gasteiger partial charge in [-0.05, 0) is 83.6 Å². The van der Waals surface area contributed by atoms with Crippen LogP contribution >= 0.6 is 0 Å². The van der Waals surface area contributed by atoms with Gasteiger partial charge in [0.1, 0.15) is 12.1 Å². The Kier molecular flexibility index (Phi) is 14.9. The molecule has 3 amide bonds. The Bertz CT molecular complexity index is 1340. The summed E-state index contributed by atoms with van der Waals surface area (Å²) >= 11 is 0. The van der Waals surface area contributed by atoms with Crippen LogP contribution in [0.3, 0.4) is 0 Å². The number of hydrogen-bond acceptors (Lipinski definition) is 7. The van der Waals surface area contributed by atoms with E-state index in [9.17, 15) is 14.4 Å². The molecule has 2 aliphatic carbocycles. The van der Waals surface area contributed by atoms with Gasteiger partial charge in [0.15, 0.2) is 0 Å². The fourth-order valence-corrected chi connectivity index (χ4v) is 10.8. The van der Waals surface area contributed by atoms with Crippen LogP contribution < -0.4 is 26.7 Å². The highest BCUT2D eigenvalue weighted by Gasteiger charge is 2.53. The average Bonchev–Trinajstić information content (AvgIpc) is 3.80. The van der Waals surface area contributed by atoms with Gasteiger partial charge < -0.3 is 15.5 Å². The lowest BCUT2D eigenvalue weighted by atomic mass is 9.69. The average molecular weight is 749 g/mol.